The van der Waals surface area contributed by atoms with Crippen molar-refractivity contribution in [3.05, 3.63) is 24.3 Å². The van der Waals surface area contributed by atoms with Gasteiger partial charge in [-0.05, 0) is 74.5 Å². The molecule has 4 aliphatic rings. The summed E-state index contributed by atoms with van der Waals surface area (Å²) in [5.74, 6) is 0.0480. The van der Waals surface area contributed by atoms with Gasteiger partial charge >= 0.3 is 11.9 Å². The number of aliphatic carboxylic acids is 1. The summed E-state index contributed by atoms with van der Waals surface area (Å²) >= 11 is 0. The van der Waals surface area contributed by atoms with Crippen LogP contribution in [0.2, 0.25) is 0 Å². The molecule has 4 aliphatic carbocycles. The molecule has 0 radical (unpaired) electrons. The number of carboxylic acids is 1. The van der Waals surface area contributed by atoms with Crippen LogP contribution in [0.15, 0.2) is 24.3 Å². The van der Waals surface area contributed by atoms with Crippen molar-refractivity contribution in [2.45, 2.75) is 78.6 Å². The number of aldehydes is 1. The Balaban J connectivity index is 1.66. The average molecular weight is 457 g/mol. The number of hydrogen-bond acceptors (Lipinski definition) is 4. The average Bonchev–Trinajstić information content (AvgIpc) is 3.34. The van der Waals surface area contributed by atoms with E-state index in [1.165, 1.54) is 0 Å². The summed E-state index contributed by atoms with van der Waals surface area (Å²) < 4.78 is 5.65. The number of carboxylic acid groups (broad SMARTS) is 1. The molecule has 33 heavy (non-hydrogen) atoms. The predicted molar refractivity (Wildman–Crippen MR) is 126 cm³/mol. The van der Waals surface area contributed by atoms with Gasteiger partial charge in [-0.3, -0.25) is 9.59 Å². The van der Waals surface area contributed by atoms with Crippen molar-refractivity contribution in [3.8, 4) is 0 Å². The lowest BCUT2D eigenvalue weighted by Crippen LogP contribution is -2.62. The Morgan fingerprint density at radius 1 is 1.27 bits per heavy atom. The Kier molecular flexibility index (Phi) is 6.39. The largest absolute Gasteiger partial charge is 0.481 e. The van der Waals surface area contributed by atoms with Crippen LogP contribution in [-0.4, -0.2) is 29.9 Å². The van der Waals surface area contributed by atoms with Crippen LogP contribution in [0, 0.1) is 45.8 Å². The van der Waals surface area contributed by atoms with E-state index in [1.54, 1.807) is 0 Å². The highest BCUT2D eigenvalue weighted by Gasteiger charge is 2.83. The topological polar surface area (TPSA) is 80.7 Å². The Hall–Kier alpha value is -1.91. The SMILES string of the molecule is C=CCCCCC(=O)OCCC12CC3C(CC[C@H]3C)C3(C=O)CC1C=C(C(C)C)C32C(=O)O. The van der Waals surface area contributed by atoms with Gasteiger partial charge in [-0.15, -0.1) is 6.58 Å². The highest BCUT2D eigenvalue weighted by atomic mass is 16.5. The molecule has 182 valence electrons. The van der Waals surface area contributed by atoms with Gasteiger partial charge in [-0.1, -0.05) is 44.9 Å². The molecule has 4 bridgehead atoms. The first-order valence-electron chi connectivity index (χ1n) is 12.9. The molecule has 1 N–H and O–H groups in total. The van der Waals surface area contributed by atoms with E-state index in [1.807, 2.05) is 6.08 Å². The minimum atomic E-state index is -1.18. The van der Waals surface area contributed by atoms with E-state index >= 15 is 0 Å². The number of unbranched alkanes of at least 4 members (excludes halogenated alkanes) is 2. The molecule has 0 spiro atoms. The molecule has 0 aromatic rings. The summed E-state index contributed by atoms with van der Waals surface area (Å²) in [7, 11) is 0. The quantitative estimate of drug-likeness (QED) is 0.190. The number of rotatable bonds is 11. The molecule has 0 aromatic heterocycles. The first-order chi connectivity index (χ1) is 15.7. The number of allylic oxidation sites excluding steroid dienone is 2. The molecule has 0 heterocycles. The van der Waals surface area contributed by atoms with Gasteiger partial charge in [-0.2, -0.15) is 0 Å². The van der Waals surface area contributed by atoms with Crippen LogP contribution in [-0.2, 0) is 19.1 Å². The van der Waals surface area contributed by atoms with E-state index in [4.69, 9.17) is 4.74 Å². The summed E-state index contributed by atoms with van der Waals surface area (Å²) in [5.41, 5.74) is -1.64. The first-order valence-corrected chi connectivity index (χ1v) is 12.9. The predicted octanol–water partition coefficient (Wildman–Crippen LogP) is 5.59. The zero-order valence-electron chi connectivity index (χ0n) is 20.5. The second kappa shape index (κ2) is 8.70. The highest BCUT2D eigenvalue weighted by Crippen LogP contribution is 2.83. The van der Waals surface area contributed by atoms with Gasteiger partial charge < -0.3 is 14.6 Å². The zero-order valence-corrected chi connectivity index (χ0v) is 20.5. The maximum Gasteiger partial charge on any atom is 0.315 e. The fourth-order valence-electron chi connectivity index (χ4n) is 8.81. The van der Waals surface area contributed by atoms with E-state index in [9.17, 15) is 19.5 Å². The maximum absolute atomic E-state index is 13.3. The Labute approximate surface area is 198 Å². The van der Waals surface area contributed by atoms with Crippen LogP contribution in [0.1, 0.15) is 78.6 Å². The summed E-state index contributed by atoms with van der Waals surface area (Å²) in [4.78, 5) is 38.6. The van der Waals surface area contributed by atoms with Gasteiger partial charge in [0.05, 0.1) is 12.0 Å². The third kappa shape index (κ3) is 3.13. The van der Waals surface area contributed by atoms with Crippen LogP contribution in [0.5, 0.6) is 0 Å². The summed E-state index contributed by atoms with van der Waals surface area (Å²) in [6.07, 6.45) is 12.0. The minimum Gasteiger partial charge on any atom is -0.481 e. The van der Waals surface area contributed by atoms with Crippen molar-refractivity contribution >= 4 is 18.2 Å². The van der Waals surface area contributed by atoms with Crippen LogP contribution in [0.4, 0.5) is 0 Å². The summed E-state index contributed by atoms with van der Waals surface area (Å²) in [6, 6.07) is 0. The molecule has 5 nitrogen and oxygen atoms in total. The normalized spacial score (nSPS) is 40.4. The van der Waals surface area contributed by atoms with Gasteiger partial charge in [0.15, 0.2) is 0 Å². The Morgan fingerprint density at radius 2 is 2.03 bits per heavy atom. The van der Waals surface area contributed by atoms with Crippen molar-refractivity contribution in [2.75, 3.05) is 6.61 Å². The van der Waals surface area contributed by atoms with E-state index in [0.717, 1.165) is 50.4 Å². The number of fused-ring (bicyclic) bond motifs is 2. The molecule has 0 aromatic carbocycles. The molecule has 0 amide bonds. The summed E-state index contributed by atoms with van der Waals surface area (Å²) in [6.45, 7) is 10.3. The van der Waals surface area contributed by atoms with Crippen LogP contribution in [0.25, 0.3) is 0 Å². The Bertz CT molecular complexity index is 858. The highest BCUT2D eigenvalue weighted by molar-refractivity contribution is 5.90. The fraction of sp³-hybridized carbons (Fsp3) is 0.750. The smallest absolute Gasteiger partial charge is 0.315 e. The lowest BCUT2D eigenvalue weighted by Gasteiger charge is -2.58. The number of ether oxygens (including phenoxy) is 1. The number of carbonyl (C=O) groups excluding carboxylic acids is 2. The second-order valence-corrected chi connectivity index (χ2v) is 11.5. The van der Waals surface area contributed by atoms with Crippen molar-refractivity contribution < 1.29 is 24.2 Å². The van der Waals surface area contributed by atoms with Crippen molar-refractivity contribution in [1.82, 2.24) is 0 Å². The Morgan fingerprint density at radius 3 is 2.67 bits per heavy atom. The molecule has 3 fully saturated rings. The first kappa shape index (κ1) is 24.2. The monoisotopic (exact) mass is 456 g/mol. The molecule has 0 saturated heterocycles. The third-order valence-corrected chi connectivity index (χ3v) is 9.97. The third-order valence-electron chi connectivity index (χ3n) is 9.97. The fourth-order valence-corrected chi connectivity index (χ4v) is 8.81. The number of hydrogen-bond donors (Lipinski definition) is 1. The second-order valence-electron chi connectivity index (χ2n) is 11.5. The van der Waals surface area contributed by atoms with E-state index < -0.39 is 22.2 Å². The van der Waals surface area contributed by atoms with Gasteiger partial charge in [0.2, 0.25) is 0 Å². The van der Waals surface area contributed by atoms with Gasteiger partial charge in [-0.25, -0.2) is 0 Å². The maximum atomic E-state index is 13.3. The van der Waals surface area contributed by atoms with E-state index in [-0.39, 0.29) is 30.3 Å². The number of esters is 1. The standard InChI is InChI=1S/C28H40O5/c1-5-6-7-8-9-24(30)33-13-12-26-16-21-19(4)10-11-22(21)27(17-29)15-20(26)14-23(18(2)3)28(26,27)25(31)32/h5,14,17-22H,1,6-13,15-16H2,2-4H3,(H,31,32)/t19-,20?,21?,22?,26?,27?,28?/m1/s1. The minimum absolute atomic E-state index is 0.0558. The van der Waals surface area contributed by atoms with Crippen LogP contribution < -0.4 is 0 Å². The molecule has 5 heteroatoms. The van der Waals surface area contributed by atoms with Crippen molar-refractivity contribution in [2.24, 2.45) is 45.8 Å². The van der Waals surface area contributed by atoms with Crippen molar-refractivity contribution in [1.29, 1.82) is 0 Å². The van der Waals surface area contributed by atoms with Gasteiger partial charge in [0.25, 0.3) is 0 Å². The molecule has 6 unspecified atom stereocenters. The van der Waals surface area contributed by atoms with Crippen LogP contribution >= 0.6 is 0 Å². The van der Waals surface area contributed by atoms with Crippen molar-refractivity contribution in [3.63, 3.8) is 0 Å². The van der Waals surface area contributed by atoms with Crippen LogP contribution in [0.3, 0.4) is 0 Å². The molecule has 7 atom stereocenters. The molecular formula is C28H40O5. The molecular weight excluding hydrogens is 416 g/mol. The lowest BCUT2D eigenvalue weighted by atomic mass is 9.42. The van der Waals surface area contributed by atoms with E-state index in [0.29, 0.717) is 31.1 Å². The molecule has 3 saturated carbocycles. The molecule has 4 rings (SSSR count). The van der Waals surface area contributed by atoms with Gasteiger partial charge in [0.1, 0.15) is 11.7 Å². The summed E-state index contributed by atoms with van der Waals surface area (Å²) in [5, 5.41) is 10.9. The lowest BCUT2D eigenvalue weighted by molar-refractivity contribution is -0.182. The van der Waals surface area contributed by atoms with E-state index in [2.05, 4.69) is 33.4 Å². The zero-order chi connectivity index (χ0) is 24.0. The molecule has 0 aliphatic heterocycles. The van der Waals surface area contributed by atoms with Gasteiger partial charge in [0, 0.05) is 11.8 Å². The number of carbonyl (C=O) groups is 3.